The van der Waals surface area contributed by atoms with Gasteiger partial charge in [-0.2, -0.15) is 0 Å². The number of hydrogen-bond acceptors (Lipinski definition) is 4. The van der Waals surface area contributed by atoms with Gasteiger partial charge in [-0.15, -0.1) is 0 Å². The molecule has 0 radical (unpaired) electrons. The lowest BCUT2D eigenvalue weighted by atomic mass is 9.99. The molecule has 0 unspecified atom stereocenters. The number of rotatable bonds is 3. The van der Waals surface area contributed by atoms with Gasteiger partial charge in [0.15, 0.2) is 0 Å². The van der Waals surface area contributed by atoms with Crippen molar-refractivity contribution in [2.24, 2.45) is 10.3 Å². The van der Waals surface area contributed by atoms with E-state index in [4.69, 9.17) is 0 Å². The van der Waals surface area contributed by atoms with Crippen molar-refractivity contribution in [3.8, 4) is 0 Å². The molecular weight excluding hydrogens is 304 g/mol. The molecular formula is C18H14N4O2. The molecule has 0 amide bonds. The zero-order valence-corrected chi connectivity index (χ0v) is 12.6. The molecule has 2 aromatic carbocycles. The van der Waals surface area contributed by atoms with Crippen LogP contribution in [0.3, 0.4) is 0 Å². The summed E-state index contributed by atoms with van der Waals surface area (Å²) < 4.78 is 0. The predicted octanol–water partition coefficient (Wildman–Crippen LogP) is 3.71. The molecule has 6 nitrogen and oxygen atoms in total. The molecule has 4 N–H and O–H groups in total. The average molecular weight is 318 g/mol. The van der Waals surface area contributed by atoms with E-state index in [0.717, 1.165) is 21.8 Å². The van der Waals surface area contributed by atoms with E-state index in [-0.39, 0.29) is 11.4 Å². The molecule has 0 saturated heterocycles. The van der Waals surface area contributed by atoms with Gasteiger partial charge in [0.1, 0.15) is 11.4 Å². The van der Waals surface area contributed by atoms with Crippen LogP contribution in [0.15, 0.2) is 71.2 Å². The third kappa shape index (κ3) is 2.04. The first-order chi connectivity index (χ1) is 11.8. The zero-order valence-electron chi connectivity index (χ0n) is 12.6. The quantitative estimate of drug-likeness (QED) is 0.263. The number of H-pyrrole nitrogens is 2. The summed E-state index contributed by atoms with van der Waals surface area (Å²) in [4.78, 5) is 6.26. The van der Waals surface area contributed by atoms with Crippen LogP contribution in [-0.2, 0) is 0 Å². The first kappa shape index (κ1) is 14.1. The van der Waals surface area contributed by atoms with Crippen LogP contribution >= 0.6 is 0 Å². The highest BCUT2D eigenvalue weighted by Crippen LogP contribution is 2.24. The lowest BCUT2D eigenvalue weighted by molar-refractivity contribution is 0.314. The minimum absolute atomic E-state index is 0.194. The van der Waals surface area contributed by atoms with Crippen LogP contribution in [-0.4, -0.2) is 31.8 Å². The van der Waals surface area contributed by atoms with Crippen molar-refractivity contribution < 1.29 is 10.4 Å². The Kier molecular flexibility index (Phi) is 3.28. The number of oxime groups is 2. The number of aromatic nitrogens is 2. The van der Waals surface area contributed by atoms with E-state index < -0.39 is 0 Å². The van der Waals surface area contributed by atoms with Crippen LogP contribution in [0.1, 0.15) is 11.1 Å². The third-order valence-corrected chi connectivity index (χ3v) is 4.11. The summed E-state index contributed by atoms with van der Waals surface area (Å²) >= 11 is 0. The Balaban J connectivity index is 1.91. The van der Waals surface area contributed by atoms with Gasteiger partial charge >= 0.3 is 0 Å². The van der Waals surface area contributed by atoms with Crippen molar-refractivity contribution in [1.29, 1.82) is 0 Å². The zero-order chi connectivity index (χ0) is 16.5. The molecule has 4 rings (SSSR count). The van der Waals surface area contributed by atoms with E-state index in [1.165, 1.54) is 0 Å². The molecule has 0 fully saturated rings. The summed E-state index contributed by atoms with van der Waals surface area (Å²) in [5, 5.41) is 27.8. The van der Waals surface area contributed by atoms with Gasteiger partial charge in [0, 0.05) is 45.3 Å². The van der Waals surface area contributed by atoms with Crippen molar-refractivity contribution >= 4 is 33.2 Å². The number of nitrogens with zero attached hydrogens (tertiary/aromatic N) is 2. The van der Waals surface area contributed by atoms with Gasteiger partial charge in [0.25, 0.3) is 0 Å². The Morgan fingerprint density at radius 1 is 0.667 bits per heavy atom. The first-order valence-corrected chi connectivity index (χ1v) is 7.41. The van der Waals surface area contributed by atoms with Gasteiger partial charge < -0.3 is 20.4 Å². The molecule has 2 aromatic heterocycles. The lowest BCUT2D eigenvalue weighted by Gasteiger charge is -2.05. The van der Waals surface area contributed by atoms with Crippen molar-refractivity contribution in [2.45, 2.75) is 0 Å². The number of aromatic amines is 2. The molecule has 0 aliphatic carbocycles. The normalized spacial score (nSPS) is 13.0. The second-order valence-corrected chi connectivity index (χ2v) is 5.39. The van der Waals surface area contributed by atoms with Crippen LogP contribution in [0.25, 0.3) is 21.8 Å². The van der Waals surface area contributed by atoms with E-state index in [1.54, 1.807) is 12.4 Å². The Morgan fingerprint density at radius 3 is 1.50 bits per heavy atom. The fourth-order valence-electron chi connectivity index (χ4n) is 2.99. The minimum Gasteiger partial charge on any atom is -0.410 e. The molecule has 0 aliphatic heterocycles. The Labute approximate surface area is 136 Å². The summed E-state index contributed by atoms with van der Waals surface area (Å²) in [5.74, 6) is 0. The molecule has 0 saturated carbocycles. The molecule has 118 valence electrons. The molecule has 6 heteroatoms. The number of benzene rings is 2. The summed E-state index contributed by atoms with van der Waals surface area (Å²) in [6.07, 6.45) is 3.47. The third-order valence-electron chi connectivity index (χ3n) is 4.11. The Bertz CT molecular complexity index is 1000. The highest BCUT2D eigenvalue weighted by molar-refractivity contribution is 6.56. The maximum atomic E-state index is 9.60. The van der Waals surface area contributed by atoms with Crippen LogP contribution in [0.4, 0.5) is 0 Å². The minimum atomic E-state index is 0.194. The summed E-state index contributed by atoms with van der Waals surface area (Å²) in [6, 6.07) is 15.3. The second-order valence-electron chi connectivity index (χ2n) is 5.39. The Morgan fingerprint density at radius 2 is 1.08 bits per heavy atom. The number of nitrogens with one attached hydrogen (secondary N) is 2. The molecule has 0 bridgehead atoms. The fraction of sp³-hybridized carbons (Fsp3) is 0. The maximum absolute atomic E-state index is 9.60. The smallest absolute Gasteiger partial charge is 0.141 e. The fourth-order valence-corrected chi connectivity index (χ4v) is 2.99. The predicted molar refractivity (Wildman–Crippen MR) is 93.2 cm³/mol. The van der Waals surface area contributed by atoms with E-state index in [9.17, 15) is 10.4 Å². The molecule has 0 atom stereocenters. The average Bonchev–Trinajstić information content (AvgIpc) is 3.24. The molecule has 2 heterocycles. The number of fused-ring (bicyclic) bond motifs is 2. The van der Waals surface area contributed by atoms with Crippen LogP contribution in [0, 0.1) is 0 Å². The van der Waals surface area contributed by atoms with Crippen molar-refractivity contribution in [1.82, 2.24) is 9.97 Å². The van der Waals surface area contributed by atoms with Crippen molar-refractivity contribution in [3.05, 3.63) is 72.1 Å². The van der Waals surface area contributed by atoms with Crippen molar-refractivity contribution in [3.63, 3.8) is 0 Å². The molecule has 4 aromatic rings. The van der Waals surface area contributed by atoms with E-state index in [0.29, 0.717) is 11.1 Å². The van der Waals surface area contributed by atoms with E-state index in [1.807, 2.05) is 48.5 Å². The van der Waals surface area contributed by atoms with Gasteiger partial charge in [0.05, 0.1) is 0 Å². The van der Waals surface area contributed by atoms with E-state index >= 15 is 0 Å². The van der Waals surface area contributed by atoms with Crippen molar-refractivity contribution in [2.75, 3.05) is 0 Å². The molecule has 0 aliphatic rings. The highest BCUT2D eigenvalue weighted by Gasteiger charge is 2.21. The van der Waals surface area contributed by atoms with Gasteiger partial charge in [-0.25, -0.2) is 0 Å². The lowest BCUT2D eigenvalue weighted by Crippen LogP contribution is -2.17. The van der Waals surface area contributed by atoms with Crippen LogP contribution < -0.4 is 0 Å². The van der Waals surface area contributed by atoms with E-state index in [2.05, 4.69) is 20.3 Å². The molecule has 0 spiro atoms. The standard InChI is InChI=1S/C18H14N4O2/c23-21-17(13-9-19-15-7-3-1-5-11(13)15)18(22-24)14-10-20-16-8-4-2-6-12(14)16/h1-10,19-20,23-24H. The first-order valence-electron chi connectivity index (χ1n) is 7.41. The van der Waals surface area contributed by atoms with Gasteiger partial charge in [-0.1, -0.05) is 46.7 Å². The summed E-state index contributed by atoms with van der Waals surface area (Å²) in [6.45, 7) is 0. The second kappa shape index (κ2) is 5.58. The topological polar surface area (TPSA) is 96.8 Å². The molecule has 24 heavy (non-hydrogen) atoms. The number of hydrogen-bond donors (Lipinski definition) is 4. The summed E-state index contributed by atoms with van der Waals surface area (Å²) in [5.41, 5.74) is 3.52. The van der Waals surface area contributed by atoms with Crippen LogP contribution in [0.5, 0.6) is 0 Å². The number of para-hydroxylation sites is 2. The Hall–Kier alpha value is -3.54. The SMILES string of the molecule is ON=C(C(=NO)c1c[nH]c2ccccc12)c1c[nH]c2ccccc12. The largest absolute Gasteiger partial charge is 0.410 e. The van der Waals surface area contributed by atoms with Gasteiger partial charge in [-0.05, 0) is 12.1 Å². The maximum Gasteiger partial charge on any atom is 0.141 e. The van der Waals surface area contributed by atoms with Gasteiger partial charge in [0.2, 0.25) is 0 Å². The van der Waals surface area contributed by atoms with Crippen LogP contribution in [0.2, 0.25) is 0 Å². The monoisotopic (exact) mass is 318 g/mol. The summed E-state index contributed by atoms with van der Waals surface area (Å²) in [7, 11) is 0. The van der Waals surface area contributed by atoms with Gasteiger partial charge in [-0.3, -0.25) is 0 Å². The highest BCUT2D eigenvalue weighted by atomic mass is 16.4.